The van der Waals surface area contributed by atoms with Crippen molar-refractivity contribution < 1.29 is 9.53 Å². The van der Waals surface area contributed by atoms with Crippen molar-refractivity contribution in [3.8, 4) is 11.8 Å². The molecular formula is C24H16Cl4N2O2. The van der Waals surface area contributed by atoms with E-state index in [1.807, 2.05) is 13.0 Å². The van der Waals surface area contributed by atoms with Gasteiger partial charge in [0.25, 0.3) is 5.91 Å². The summed E-state index contributed by atoms with van der Waals surface area (Å²) >= 11 is 24.4. The summed E-state index contributed by atoms with van der Waals surface area (Å²) in [5, 5.41) is 14.2. The predicted molar refractivity (Wildman–Crippen MR) is 132 cm³/mol. The van der Waals surface area contributed by atoms with Crippen LogP contribution in [0.4, 0.5) is 5.69 Å². The second-order valence-corrected chi connectivity index (χ2v) is 8.46. The molecule has 0 saturated heterocycles. The van der Waals surface area contributed by atoms with Crippen molar-refractivity contribution in [3.05, 3.63) is 91.4 Å². The third kappa shape index (κ3) is 6.18. The average Bonchev–Trinajstić information content (AvgIpc) is 2.74. The minimum absolute atomic E-state index is 0.252. The molecular weight excluding hydrogens is 490 g/mol. The molecule has 3 rings (SSSR count). The molecule has 0 aliphatic rings. The fourth-order valence-electron chi connectivity index (χ4n) is 2.81. The molecule has 0 atom stereocenters. The minimum Gasteiger partial charge on any atom is -0.483 e. The van der Waals surface area contributed by atoms with E-state index >= 15 is 0 Å². The van der Waals surface area contributed by atoms with Gasteiger partial charge in [-0.1, -0.05) is 58.5 Å². The Labute approximate surface area is 205 Å². The predicted octanol–water partition coefficient (Wildman–Crippen LogP) is 7.69. The van der Waals surface area contributed by atoms with Gasteiger partial charge in [0, 0.05) is 31.9 Å². The van der Waals surface area contributed by atoms with Crippen molar-refractivity contribution in [1.82, 2.24) is 0 Å². The number of benzene rings is 3. The number of hydrogen-bond acceptors (Lipinski definition) is 3. The van der Waals surface area contributed by atoms with Gasteiger partial charge in [0.05, 0.1) is 16.7 Å². The number of anilines is 1. The molecule has 0 radical (unpaired) electrons. The number of nitrogens with zero attached hydrogens (tertiary/aromatic N) is 1. The van der Waals surface area contributed by atoms with E-state index in [-0.39, 0.29) is 18.1 Å². The van der Waals surface area contributed by atoms with Gasteiger partial charge in [-0.2, -0.15) is 5.26 Å². The molecule has 0 heterocycles. The quantitative estimate of drug-likeness (QED) is 0.276. The van der Waals surface area contributed by atoms with Crippen LogP contribution in [0.5, 0.6) is 5.75 Å². The van der Waals surface area contributed by atoms with Gasteiger partial charge in [0.15, 0.2) is 6.61 Å². The van der Waals surface area contributed by atoms with Crippen LogP contribution in [0.2, 0.25) is 20.1 Å². The number of nitriles is 1. The number of halogens is 4. The molecule has 1 amide bonds. The van der Waals surface area contributed by atoms with E-state index in [1.165, 1.54) is 0 Å². The van der Waals surface area contributed by atoms with E-state index in [1.54, 1.807) is 54.6 Å². The highest BCUT2D eigenvalue weighted by molar-refractivity contribution is 6.36. The number of rotatable bonds is 6. The first-order chi connectivity index (χ1) is 15.3. The van der Waals surface area contributed by atoms with Crippen LogP contribution in [-0.4, -0.2) is 12.5 Å². The summed E-state index contributed by atoms with van der Waals surface area (Å²) in [4.78, 5) is 12.3. The molecule has 3 aromatic carbocycles. The molecule has 32 heavy (non-hydrogen) atoms. The van der Waals surface area contributed by atoms with Gasteiger partial charge in [-0.3, -0.25) is 4.79 Å². The Kier molecular flexibility index (Phi) is 8.06. The Morgan fingerprint density at radius 1 is 1.00 bits per heavy atom. The maximum Gasteiger partial charge on any atom is 0.262 e. The number of aryl methyl sites for hydroxylation is 1. The molecule has 3 aromatic rings. The normalized spacial score (nSPS) is 11.1. The molecule has 0 aliphatic carbocycles. The van der Waals surface area contributed by atoms with Gasteiger partial charge in [0.1, 0.15) is 5.75 Å². The summed E-state index contributed by atoms with van der Waals surface area (Å²) in [6.07, 6.45) is 1.59. The van der Waals surface area contributed by atoms with Crippen molar-refractivity contribution in [2.24, 2.45) is 0 Å². The van der Waals surface area contributed by atoms with Crippen molar-refractivity contribution in [2.75, 3.05) is 11.9 Å². The van der Waals surface area contributed by atoms with Crippen molar-refractivity contribution >= 4 is 69.6 Å². The molecule has 0 unspecified atom stereocenters. The number of allylic oxidation sites excluding steroid dienone is 1. The largest absolute Gasteiger partial charge is 0.483 e. The van der Waals surface area contributed by atoms with Crippen LogP contribution in [-0.2, 0) is 4.79 Å². The van der Waals surface area contributed by atoms with Crippen LogP contribution >= 0.6 is 46.4 Å². The number of carbonyl (C=O) groups excluding carboxylic acids is 1. The number of carbonyl (C=O) groups is 1. The van der Waals surface area contributed by atoms with E-state index in [0.29, 0.717) is 42.7 Å². The van der Waals surface area contributed by atoms with Crippen LogP contribution in [0.15, 0.2) is 54.6 Å². The second kappa shape index (κ2) is 10.8. The van der Waals surface area contributed by atoms with Crippen molar-refractivity contribution in [2.45, 2.75) is 6.92 Å². The van der Waals surface area contributed by atoms with E-state index in [0.717, 1.165) is 5.56 Å². The SMILES string of the molecule is Cc1ccc(NC(=O)COc2ccc(Cl)cc2/C=C(\C#N)c2ccc(Cl)cc2Cl)cc1Cl. The highest BCUT2D eigenvalue weighted by atomic mass is 35.5. The lowest BCUT2D eigenvalue weighted by Gasteiger charge is -2.11. The van der Waals surface area contributed by atoms with Crippen molar-refractivity contribution in [3.63, 3.8) is 0 Å². The van der Waals surface area contributed by atoms with Gasteiger partial charge in [0.2, 0.25) is 0 Å². The maximum atomic E-state index is 12.3. The zero-order valence-electron chi connectivity index (χ0n) is 16.8. The fourth-order valence-corrected chi connectivity index (χ4v) is 3.68. The summed E-state index contributed by atoms with van der Waals surface area (Å²) in [5.41, 5.74) is 2.80. The average molecular weight is 506 g/mol. The number of amides is 1. The van der Waals surface area contributed by atoms with Crippen molar-refractivity contribution in [1.29, 1.82) is 5.26 Å². The highest BCUT2D eigenvalue weighted by Crippen LogP contribution is 2.31. The third-order valence-electron chi connectivity index (χ3n) is 4.43. The van der Waals surface area contributed by atoms with E-state index in [9.17, 15) is 10.1 Å². The highest BCUT2D eigenvalue weighted by Gasteiger charge is 2.12. The van der Waals surface area contributed by atoms with Crippen LogP contribution < -0.4 is 10.1 Å². The summed E-state index contributed by atoms with van der Waals surface area (Å²) < 4.78 is 5.70. The van der Waals surface area contributed by atoms with Gasteiger partial charge in [-0.25, -0.2) is 0 Å². The molecule has 0 spiro atoms. The van der Waals surface area contributed by atoms with Crippen LogP contribution in [0.3, 0.4) is 0 Å². The van der Waals surface area contributed by atoms with Gasteiger partial charge in [-0.05, 0) is 61.0 Å². The fraction of sp³-hybridized carbons (Fsp3) is 0.0833. The van der Waals surface area contributed by atoms with Gasteiger partial charge < -0.3 is 10.1 Å². The molecule has 162 valence electrons. The summed E-state index contributed by atoms with van der Waals surface area (Å²) in [6, 6.07) is 17.1. The Balaban J connectivity index is 1.81. The topological polar surface area (TPSA) is 62.1 Å². The monoisotopic (exact) mass is 504 g/mol. The lowest BCUT2D eigenvalue weighted by molar-refractivity contribution is -0.118. The number of nitrogens with one attached hydrogen (secondary N) is 1. The number of ether oxygens (including phenoxy) is 1. The molecule has 4 nitrogen and oxygen atoms in total. The first-order valence-corrected chi connectivity index (χ1v) is 10.8. The molecule has 0 aromatic heterocycles. The Bertz CT molecular complexity index is 1250. The zero-order chi connectivity index (χ0) is 23.3. The molecule has 0 fully saturated rings. The molecule has 0 aliphatic heterocycles. The zero-order valence-corrected chi connectivity index (χ0v) is 19.8. The Hall–Kier alpha value is -2.68. The van der Waals surface area contributed by atoms with Gasteiger partial charge >= 0.3 is 0 Å². The lowest BCUT2D eigenvalue weighted by Crippen LogP contribution is -2.20. The standard InChI is InChI=1S/C24H16Cl4N2O2/c1-14-2-5-19(11-21(14)27)30-24(31)13-32-23-7-4-17(25)9-15(23)8-16(12-29)20-6-3-18(26)10-22(20)28/h2-11H,13H2,1H3,(H,30,31)/b16-8+. The first-order valence-electron chi connectivity index (χ1n) is 9.32. The minimum atomic E-state index is -0.365. The summed E-state index contributed by atoms with van der Waals surface area (Å²) in [5.74, 6) is 0.0142. The molecule has 8 heteroatoms. The Morgan fingerprint density at radius 3 is 2.41 bits per heavy atom. The smallest absolute Gasteiger partial charge is 0.262 e. The van der Waals surface area contributed by atoms with Crippen LogP contribution in [0.1, 0.15) is 16.7 Å². The molecule has 1 N–H and O–H groups in total. The van der Waals surface area contributed by atoms with Crippen LogP contribution in [0, 0.1) is 18.3 Å². The molecule has 0 saturated carbocycles. The van der Waals surface area contributed by atoms with E-state index in [4.69, 9.17) is 51.1 Å². The Morgan fingerprint density at radius 2 is 1.72 bits per heavy atom. The maximum absolute atomic E-state index is 12.3. The second-order valence-electron chi connectivity index (χ2n) is 6.78. The first kappa shape index (κ1) is 24.0. The van der Waals surface area contributed by atoms with E-state index in [2.05, 4.69) is 11.4 Å². The van der Waals surface area contributed by atoms with Crippen LogP contribution in [0.25, 0.3) is 11.6 Å². The third-order valence-corrected chi connectivity index (χ3v) is 5.62. The summed E-state index contributed by atoms with van der Waals surface area (Å²) in [7, 11) is 0. The van der Waals surface area contributed by atoms with E-state index < -0.39 is 0 Å². The lowest BCUT2D eigenvalue weighted by atomic mass is 10.0. The summed E-state index contributed by atoms with van der Waals surface area (Å²) in [6.45, 7) is 1.62. The number of hydrogen-bond donors (Lipinski definition) is 1. The van der Waals surface area contributed by atoms with Gasteiger partial charge in [-0.15, -0.1) is 0 Å². The molecule has 0 bridgehead atoms.